The minimum atomic E-state index is 0.345. The van der Waals surface area contributed by atoms with Gasteiger partial charge in [-0.2, -0.15) is 0 Å². The molecule has 7 heteroatoms. The van der Waals surface area contributed by atoms with Gasteiger partial charge in [-0.1, -0.05) is 27.7 Å². The van der Waals surface area contributed by atoms with Crippen LogP contribution in [-0.2, 0) is 10.8 Å². The molecule has 2 fully saturated rings. The lowest BCUT2D eigenvalue weighted by molar-refractivity contribution is 0.409. The van der Waals surface area contributed by atoms with Gasteiger partial charge in [0, 0.05) is 28.3 Å². The van der Waals surface area contributed by atoms with Crippen LogP contribution in [0.2, 0.25) is 0 Å². The van der Waals surface area contributed by atoms with Gasteiger partial charge in [0.15, 0.2) is 0 Å². The summed E-state index contributed by atoms with van der Waals surface area (Å²) in [5.74, 6) is 1.46. The molecule has 2 aromatic rings. The van der Waals surface area contributed by atoms with E-state index in [0.29, 0.717) is 18.0 Å². The van der Waals surface area contributed by atoms with Crippen molar-refractivity contribution in [3.63, 3.8) is 0 Å². The van der Waals surface area contributed by atoms with Crippen LogP contribution in [0.25, 0.3) is 11.3 Å². The van der Waals surface area contributed by atoms with Crippen LogP contribution in [0, 0.1) is 5.92 Å². The van der Waals surface area contributed by atoms with Crippen molar-refractivity contribution >= 4 is 28.5 Å². The fourth-order valence-electron chi connectivity index (χ4n) is 3.45. The Hall–Kier alpha value is -1.22. The molecular weight excluding hydrogens is 429 g/mol. The van der Waals surface area contributed by atoms with Crippen LogP contribution in [0.15, 0.2) is 17.0 Å². The number of rotatable bonds is 6. The Morgan fingerprint density at radius 3 is 2.72 bits per heavy atom. The van der Waals surface area contributed by atoms with E-state index in [2.05, 4.69) is 38.0 Å². The van der Waals surface area contributed by atoms with Crippen molar-refractivity contribution in [1.82, 2.24) is 15.1 Å². The molecule has 3 N–H and O–H groups in total. The number of nitrogens with zero attached hydrogens (tertiary/aromatic N) is 3. The maximum atomic E-state index is 6.00. The molecule has 0 amide bonds. The van der Waals surface area contributed by atoms with Crippen LogP contribution in [0.5, 0.6) is 0 Å². The van der Waals surface area contributed by atoms with Crippen molar-refractivity contribution in [3.8, 4) is 11.3 Å². The zero-order valence-electron chi connectivity index (χ0n) is 14.2. The summed E-state index contributed by atoms with van der Waals surface area (Å²) in [6.45, 7) is 0. The molecule has 2 aliphatic rings. The molecule has 0 radical (unpaired) electrons. The largest absolute Gasteiger partial charge is 0.364 e. The summed E-state index contributed by atoms with van der Waals surface area (Å²) in [5.41, 5.74) is 10.1. The topological polar surface area (TPSA) is 89.9 Å². The summed E-state index contributed by atoms with van der Waals surface area (Å²) in [6.07, 6.45) is 11.5. The highest BCUT2D eigenvalue weighted by Crippen LogP contribution is 2.36. The fraction of sp³-hybridized carbons (Fsp3) is 0.611. The first-order chi connectivity index (χ1) is 12.2. The van der Waals surface area contributed by atoms with Gasteiger partial charge in [0.2, 0.25) is 5.95 Å². The number of halogens is 1. The minimum Gasteiger partial charge on any atom is -0.364 e. The average Bonchev–Trinajstić information content (AvgIpc) is 3.32. The van der Waals surface area contributed by atoms with E-state index in [1.165, 1.54) is 12.8 Å². The van der Waals surface area contributed by atoms with Crippen molar-refractivity contribution in [1.29, 1.82) is 0 Å². The van der Waals surface area contributed by atoms with Crippen LogP contribution in [0.3, 0.4) is 0 Å². The van der Waals surface area contributed by atoms with Gasteiger partial charge in [0.1, 0.15) is 6.26 Å². The monoisotopic (exact) mass is 453 g/mol. The molecule has 0 aliphatic heterocycles. The van der Waals surface area contributed by atoms with Crippen LogP contribution >= 0.6 is 22.6 Å². The Kier molecular flexibility index (Phi) is 5.21. The van der Waals surface area contributed by atoms with Gasteiger partial charge in [-0.05, 0) is 50.9 Å². The van der Waals surface area contributed by atoms with E-state index in [0.717, 1.165) is 65.0 Å². The van der Waals surface area contributed by atoms with Crippen molar-refractivity contribution < 1.29 is 4.52 Å². The zero-order valence-corrected chi connectivity index (χ0v) is 16.4. The fourth-order valence-corrected chi connectivity index (χ4v) is 4.01. The van der Waals surface area contributed by atoms with Crippen molar-refractivity contribution in [3.05, 3.63) is 23.7 Å². The molecule has 2 heterocycles. The third kappa shape index (κ3) is 4.13. The summed E-state index contributed by atoms with van der Waals surface area (Å²) in [5, 5.41) is 7.73. The molecule has 2 saturated carbocycles. The first-order valence-corrected chi connectivity index (χ1v) is 10.6. The van der Waals surface area contributed by atoms with Crippen molar-refractivity contribution in [2.45, 2.75) is 61.5 Å². The van der Waals surface area contributed by atoms with Crippen LogP contribution in [0.4, 0.5) is 5.95 Å². The Bertz CT molecular complexity index is 722. The van der Waals surface area contributed by atoms with E-state index in [9.17, 15) is 0 Å². The van der Waals surface area contributed by atoms with Crippen molar-refractivity contribution in [2.24, 2.45) is 11.7 Å². The average molecular weight is 453 g/mol. The Labute approximate surface area is 161 Å². The first-order valence-electron chi connectivity index (χ1n) is 9.10. The summed E-state index contributed by atoms with van der Waals surface area (Å²) >= 11 is 2.36. The van der Waals surface area contributed by atoms with E-state index < -0.39 is 0 Å². The Morgan fingerprint density at radius 1 is 1.20 bits per heavy atom. The van der Waals surface area contributed by atoms with Crippen molar-refractivity contribution in [2.75, 3.05) is 5.32 Å². The zero-order chi connectivity index (χ0) is 17.2. The van der Waals surface area contributed by atoms with E-state index in [-0.39, 0.29) is 0 Å². The lowest BCUT2D eigenvalue weighted by Gasteiger charge is -2.26. The lowest BCUT2D eigenvalue weighted by Crippen LogP contribution is -2.33. The van der Waals surface area contributed by atoms with Gasteiger partial charge in [-0.15, -0.1) is 0 Å². The second kappa shape index (κ2) is 7.57. The molecule has 25 heavy (non-hydrogen) atoms. The predicted octanol–water partition coefficient (Wildman–Crippen LogP) is 3.70. The first kappa shape index (κ1) is 17.2. The normalized spacial score (nSPS) is 23.6. The molecule has 0 spiro atoms. The maximum absolute atomic E-state index is 6.00. The maximum Gasteiger partial charge on any atom is 0.223 e. The Morgan fingerprint density at radius 2 is 2.00 bits per heavy atom. The lowest BCUT2D eigenvalue weighted by atomic mass is 9.92. The summed E-state index contributed by atoms with van der Waals surface area (Å²) in [6, 6.07) is 0.754. The van der Waals surface area contributed by atoms with Gasteiger partial charge < -0.3 is 15.6 Å². The molecule has 0 aromatic carbocycles. The highest BCUT2D eigenvalue weighted by Gasteiger charge is 2.26. The number of aromatic nitrogens is 3. The quantitative estimate of drug-likeness (QED) is 0.512. The van der Waals surface area contributed by atoms with Gasteiger partial charge >= 0.3 is 0 Å². The number of nitrogens with one attached hydrogen (secondary N) is 1. The highest BCUT2D eigenvalue weighted by atomic mass is 127. The molecule has 0 unspecified atom stereocenters. The molecular formula is C18H24IN5O. The number of anilines is 1. The summed E-state index contributed by atoms with van der Waals surface area (Å²) < 4.78 is 6.14. The third-order valence-corrected chi connectivity index (χ3v) is 6.01. The molecule has 6 nitrogen and oxygen atoms in total. The van der Waals surface area contributed by atoms with Gasteiger partial charge in [-0.3, -0.25) is 0 Å². The second-order valence-electron chi connectivity index (χ2n) is 7.28. The molecule has 0 bridgehead atoms. The van der Waals surface area contributed by atoms with Gasteiger partial charge in [0.25, 0.3) is 0 Å². The summed E-state index contributed by atoms with van der Waals surface area (Å²) in [4.78, 5) is 9.36. The number of alkyl halides is 1. The minimum absolute atomic E-state index is 0.345. The standard InChI is InChI=1S/C18H24IN5O/c19-8-12-9-21-18(22-14-5-3-13(20)4-6-14)23-17(12)15-10-25-24-16(15)7-11-1-2-11/h9-11,13-14H,1-8,20H2,(H,21,22,23)/t13-,14-. The van der Waals surface area contributed by atoms with Crippen LogP contribution < -0.4 is 11.1 Å². The molecule has 0 atom stereocenters. The van der Waals surface area contributed by atoms with E-state index >= 15 is 0 Å². The molecule has 2 aromatic heterocycles. The van der Waals surface area contributed by atoms with Crippen LogP contribution in [-0.4, -0.2) is 27.2 Å². The SMILES string of the molecule is N[C@H]1CC[C@H](Nc2ncc(CI)c(-c3conc3CC3CC3)n2)CC1. The van der Waals surface area contributed by atoms with Gasteiger partial charge in [0.05, 0.1) is 17.0 Å². The molecule has 134 valence electrons. The van der Waals surface area contributed by atoms with Gasteiger partial charge in [-0.25, -0.2) is 9.97 Å². The highest BCUT2D eigenvalue weighted by molar-refractivity contribution is 14.1. The smallest absolute Gasteiger partial charge is 0.223 e. The molecule has 4 rings (SSSR count). The number of nitrogens with two attached hydrogens (primary N) is 1. The number of hydrogen-bond acceptors (Lipinski definition) is 6. The Balaban J connectivity index is 1.57. The molecule has 2 aliphatic carbocycles. The predicted molar refractivity (Wildman–Crippen MR) is 106 cm³/mol. The van der Waals surface area contributed by atoms with E-state index in [1.54, 1.807) is 6.26 Å². The van der Waals surface area contributed by atoms with Crippen LogP contribution in [0.1, 0.15) is 49.8 Å². The number of hydrogen-bond donors (Lipinski definition) is 2. The third-order valence-electron chi connectivity index (χ3n) is 5.19. The van der Waals surface area contributed by atoms with E-state index in [4.69, 9.17) is 15.2 Å². The second-order valence-corrected chi connectivity index (χ2v) is 8.04. The van der Waals surface area contributed by atoms with E-state index in [1.807, 2.05) is 6.20 Å². The molecule has 0 saturated heterocycles. The summed E-state index contributed by atoms with van der Waals surface area (Å²) in [7, 11) is 0.